The molecule has 1 heterocycles. The summed E-state index contributed by atoms with van der Waals surface area (Å²) in [6.07, 6.45) is 3.00. The molecular formula is C21H17NO3. The number of methoxy groups -OCH3 is 1. The zero-order valence-electron chi connectivity index (χ0n) is 13.8. The predicted molar refractivity (Wildman–Crippen MR) is 96.7 cm³/mol. The lowest BCUT2D eigenvalue weighted by Gasteiger charge is -2.23. The molecule has 4 nitrogen and oxygen atoms in total. The number of para-hydroxylation sites is 1. The monoisotopic (exact) mass is 331 g/mol. The van der Waals surface area contributed by atoms with E-state index in [4.69, 9.17) is 4.74 Å². The van der Waals surface area contributed by atoms with E-state index in [1.165, 1.54) is 7.11 Å². The van der Waals surface area contributed by atoms with Crippen molar-refractivity contribution in [2.45, 2.75) is 12.3 Å². The summed E-state index contributed by atoms with van der Waals surface area (Å²) in [7, 11) is 1.38. The predicted octanol–water partition coefficient (Wildman–Crippen LogP) is 4.18. The van der Waals surface area contributed by atoms with Gasteiger partial charge in [-0.25, -0.2) is 9.36 Å². The van der Waals surface area contributed by atoms with Crippen LogP contribution in [0.5, 0.6) is 0 Å². The van der Waals surface area contributed by atoms with E-state index in [1.54, 1.807) is 4.57 Å². The van der Waals surface area contributed by atoms with Gasteiger partial charge in [0, 0.05) is 28.1 Å². The second-order valence-electron chi connectivity index (χ2n) is 6.11. The minimum absolute atomic E-state index is 0.0704. The van der Waals surface area contributed by atoms with Gasteiger partial charge in [-0.2, -0.15) is 0 Å². The minimum Gasteiger partial charge on any atom is -0.452 e. The molecule has 3 aromatic rings. The van der Waals surface area contributed by atoms with Gasteiger partial charge in [-0.15, -0.1) is 0 Å². The molecule has 0 amide bonds. The molecule has 4 rings (SSSR count). The molecule has 1 aliphatic carbocycles. The van der Waals surface area contributed by atoms with Crippen LogP contribution in [0.2, 0.25) is 0 Å². The van der Waals surface area contributed by atoms with E-state index >= 15 is 0 Å². The fourth-order valence-electron chi connectivity index (χ4n) is 3.67. The lowest BCUT2D eigenvalue weighted by Crippen LogP contribution is -2.20. The fraction of sp³-hybridized carbons (Fsp3) is 0.143. The van der Waals surface area contributed by atoms with E-state index in [0.29, 0.717) is 6.42 Å². The number of hydrogen-bond donors (Lipinski definition) is 0. The van der Waals surface area contributed by atoms with E-state index in [9.17, 15) is 9.59 Å². The molecular weight excluding hydrogens is 314 g/mol. The molecule has 2 aromatic carbocycles. The Balaban J connectivity index is 1.97. The molecule has 0 spiro atoms. The van der Waals surface area contributed by atoms with Crippen molar-refractivity contribution in [1.82, 2.24) is 4.57 Å². The first-order valence-corrected chi connectivity index (χ1v) is 8.17. The summed E-state index contributed by atoms with van der Waals surface area (Å²) in [6, 6.07) is 17.6. The van der Waals surface area contributed by atoms with Crippen molar-refractivity contribution in [3.63, 3.8) is 0 Å². The number of rotatable bonds is 2. The normalized spacial score (nSPS) is 16.2. The molecule has 0 saturated heterocycles. The Morgan fingerprint density at radius 1 is 1.12 bits per heavy atom. The molecule has 25 heavy (non-hydrogen) atoms. The number of nitrogens with zero attached hydrogens (tertiary/aromatic N) is 1. The van der Waals surface area contributed by atoms with E-state index in [1.807, 2.05) is 60.7 Å². The average Bonchev–Trinajstić information content (AvgIpc) is 3.00. The van der Waals surface area contributed by atoms with Gasteiger partial charge >= 0.3 is 6.09 Å². The van der Waals surface area contributed by atoms with Crippen LogP contribution in [0.4, 0.5) is 4.79 Å². The van der Waals surface area contributed by atoms with Gasteiger partial charge in [0.1, 0.15) is 6.29 Å². The zero-order chi connectivity index (χ0) is 17.4. The van der Waals surface area contributed by atoms with Crippen LogP contribution in [-0.4, -0.2) is 24.1 Å². The quantitative estimate of drug-likeness (QED) is 0.662. The van der Waals surface area contributed by atoms with Gasteiger partial charge in [0.2, 0.25) is 0 Å². The van der Waals surface area contributed by atoms with Gasteiger partial charge in [-0.05, 0) is 24.1 Å². The Bertz CT molecular complexity index is 999. The highest BCUT2D eigenvalue weighted by Crippen LogP contribution is 2.39. The summed E-state index contributed by atoms with van der Waals surface area (Å²) in [5.74, 6) is -0.0704. The van der Waals surface area contributed by atoms with Gasteiger partial charge in [0.05, 0.1) is 12.6 Å². The first kappa shape index (κ1) is 15.4. The topological polar surface area (TPSA) is 48.3 Å². The van der Waals surface area contributed by atoms with Gasteiger partial charge in [-0.3, -0.25) is 4.79 Å². The number of aromatic nitrogens is 1. The number of carbonyl (C=O) groups excluding carboxylic acids is 2. The molecule has 0 unspecified atom stereocenters. The third kappa shape index (κ3) is 2.38. The second kappa shape index (κ2) is 6.06. The van der Waals surface area contributed by atoms with Crippen LogP contribution in [0.1, 0.15) is 22.7 Å². The van der Waals surface area contributed by atoms with Crippen molar-refractivity contribution < 1.29 is 14.3 Å². The molecule has 0 fully saturated rings. The van der Waals surface area contributed by atoms with Crippen molar-refractivity contribution >= 4 is 29.4 Å². The third-order valence-corrected chi connectivity index (χ3v) is 4.82. The highest BCUT2D eigenvalue weighted by molar-refractivity contribution is 6.01. The Hall–Kier alpha value is -3.14. The summed E-state index contributed by atoms with van der Waals surface area (Å²) >= 11 is 0. The van der Waals surface area contributed by atoms with Crippen molar-refractivity contribution in [3.05, 3.63) is 77.0 Å². The molecule has 1 aromatic heterocycles. The largest absolute Gasteiger partial charge is 0.452 e. The summed E-state index contributed by atoms with van der Waals surface area (Å²) in [5.41, 5.74) is 4.40. The zero-order valence-corrected chi connectivity index (χ0v) is 13.8. The molecule has 1 aliphatic rings. The number of aldehydes is 1. The molecule has 124 valence electrons. The molecule has 0 saturated carbocycles. The number of hydrogen-bond acceptors (Lipinski definition) is 3. The molecule has 0 N–H and O–H groups in total. The number of fused-ring (bicyclic) bond motifs is 3. The van der Waals surface area contributed by atoms with Crippen LogP contribution in [0.3, 0.4) is 0 Å². The van der Waals surface area contributed by atoms with Crippen molar-refractivity contribution in [1.29, 1.82) is 0 Å². The van der Waals surface area contributed by atoms with E-state index in [-0.39, 0.29) is 5.92 Å². The summed E-state index contributed by atoms with van der Waals surface area (Å²) < 4.78 is 6.62. The van der Waals surface area contributed by atoms with Crippen LogP contribution >= 0.6 is 0 Å². The van der Waals surface area contributed by atoms with Crippen LogP contribution in [-0.2, 0) is 16.0 Å². The lowest BCUT2D eigenvalue weighted by atomic mass is 9.82. The minimum atomic E-state index is -0.410. The Morgan fingerprint density at radius 3 is 2.56 bits per heavy atom. The smallest absolute Gasteiger partial charge is 0.418 e. The van der Waals surface area contributed by atoms with Crippen molar-refractivity contribution in [2.75, 3.05) is 7.11 Å². The Morgan fingerprint density at radius 2 is 1.84 bits per heavy atom. The van der Waals surface area contributed by atoms with Crippen LogP contribution in [0, 0.1) is 0 Å². The number of carbonyl (C=O) groups is 2. The molecule has 0 aliphatic heterocycles. The van der Waals surface area contributed by atoms with E-state index in [2.05, 4.69) is 0 Å². The first-order chi connectivity index (χ1) is 12.2. The van der Waals surface area contributed by atoms with E-state index in [0.717, 1.165) is 39.6 Å². The van der Waals surface area contributed by atoms with Gasteiger partial charge in [0.25, 0.3) is 0 Å². The number of ether oxygens (including phenoxy) is 1. The van der Waals surface area contributed by atoms with Gasteiger partial charge in [-0.1, -0.05) is 48.5 Å². The number of allylic oxidation sites excluding steroid dienone is 1. The van der Waals surface area contributed by atoms with Crippen LogP contribution in [0.25, 0.3) is 17.0 Å². The Labute approximate surface area is 145 Å². The summed E-state index contributed by atoms with van der Waals surface area (Å²) in [5, 5.41) is 0.953. The molecule has 1 atom stereocenters. The van der Waals surface area contributed by atoms with Crippen molar-refractivity contribution in [3.8, 4) is 0 Å². The maximum Gasteiger partial charge on any atom is 0.418 e. The average molecular weight is 331 g/mol. The molecule has 4 heteroatoms. The SMILES string of the molecule is COC(=O)n1c2c(c3ccccc31)C=C(C=O)[C@@H](c1ccccc1)C2. The maximum atomic E-state index is 12.4. The highest BCUT2D eigenvalue weighted by Gasteiger charge is 2.29. The second-order valence-corrected chi connectivity index (χ2v) is 6.11. The maximum absolute atomic E-state index is 12.4. The standard InChI is InChI=1S/C21H17NO3/c1-25-21(24)22-19-10-6-5-9-16(19)18-11-15(13-23)17(12-20(18)22)14-7-3-2-4-8-14/h2-11,13,17H,12H2,1H3/t17-/m1/s1. The van der Waals surface area contributed by atoms with Gasteiger partial charge < -0.3 is 4.74 Å². The summed E-state index contributed by atoms with van der Waals surface area (Å²) in [4.78, 5) is 24.1. The van der Waals surface area contributed by atoms with Gasteiger partial charge in [0.15, 0.2) is 0 Å². The summed E-state index contributed by atoms with van der Waals surface area (Å²) in [6.45, 7) is 0. The highest BCUT2D eigenvalue weighted by atomic mass is 16.5. The lowest BCUT2D eigenvalue weighted by molar-refractivity contribution is -0.105. The Kier molecular flexibility index (Phi) is 3.73. The van der Waals surface area contributed by atoms with E-state index < -0.39 is 6.09 Å². The third-order valence-electron chi connectivity index (χ3n) is 4.82. The first-order valence-electron chi connectivity index (χ1n) is 8.17. The van der Waals surface area contributed by atoms with Crippen LogP contribution < -0.4 is 0 Å². The molecule has 0 bridgehead atoms. The number of benzene rings is 2. The van der Waals surface area contributed by atoms with Crippen molar-refractivity contribution in [2.24, 2.45) is 0 Å². The fourth-order valence-corrected chi connectivity index (χ4v) is 3.67. The molecule has 0 radical (unpaired) electrons. The van der Waals surface area contributed by atoms with Crippen LogP contribution in [0.15, 0.2) is 60.2 Å².